The maximum atomic E-state index is 2.66. The van der Waals surface area contributed by atoms with Crippen LogP contribution in [0.2, 0.25) is 0 Å². The summed E-state index contributed by atoms with van der Waals surface area (Å²) < 4.78 is 0. The summed E-state index contributed by atoms with van der Waals surface area (Å²) in [6.45, 7) is 14.0. The third kappa shape index (κ3) is 6.00. The molecule has 2 heterocycles. The molecule has 0 spiro atoms. The van der Waals surface area contributed by atoms with Gasteiger partial charge in [-0.15, -0.1) is 0 Å². The predicted octanol–water partition coefficient (Wildman–Crippen LogP) is 6.49. The monoisotopic (exact) mass is 408 g/mol. The highest BCUT2D eigenvalue weighted by Gasteiger charge is 2.19. The number of allylic oxidation sites excluding steroid dienone is 2. The summed E-state index contributed by atoms with van der Waals surface area (Å²) in [7, 11) is 2.23. The Kier molecular flexibility index (Phi) is 8.62. The average molecular weight is 409 g/mol. The van der Waals surface area contributed by atoms with E-state index in [0.717, 1.165) is 19.0 Å². The SMILES string of the molecule is CCCc1cc(C2=CN(C)CC(CN3CCC(C)CC3)=C2)cc(CCC)c1CCC. The van der Waals surface area contributed by atoms with Crippen LogP contribution in [0.5, 0.6) is 0 Å². The highest BCUT2D eigenvalue weighted by Crippen LogP contribution is 2.30. The predicted molar refractivity (Wildman–Crippen MR) is 132 cm³/mol. The Labute approximate surface area is 186 Å². The summed E-state index contributed by atoms with van der Waals surface area (Å²) in [5.74, 6) is 0.898. The van der Waals surface area contributed by atoms with Crippen LogP contribution in [0.15, 0.2) is 30.0 Å². The molecule has 2 aliphatic heterocycles. The molecule has 2 heteroatoms. The van der Waals surface area contributed by atoms with Crippen LogP contribution >= 0.6 is 0 Å². The Morgan fingerprint density at radius 3 is 2.07 bits per heavy atom. The van der Waals surface area contributed by atoms with Crippen LogP contribution < -0.4 is 0 Å². The van der Waals surface area contributed by atoms with Gasteiger partial charge in [0, 0.05) is 26.3 Å². The molecule has 0 atom stereocenters. The van der Waals surface area contributed by atoms with Crippen molar-refractivity contribution in [3.05, 3.63) is 52.2 Å². The molecule has 1 saturated heterocycles. The molecule has 0 N–H and O–H groups in total. The Balaban J connectivity index is 1.89. The van der Waals surface area contributed by atoms with E-state index in [9.17, 15) is 0 Å². The van der Waals surface area contributed by atoms with E-state index in [4.69, 9.17) is 0 Å². The molecule has 1 aromatic carbocycles. The van der Waals surface area contributed by atoms with Gasteiger partial charge in [0.25, 0.3) is 0 Å². The van der Waals surface area contributed by atoms with Gasteiger partial charge >= 0.3 is 0 Å². The summed E-state index contributed by atoms with van der Waals surface area (Å²) in [4.78, 5) is 5.05. The zero-order valence-corrected chi connectivity index (χ0v) is 20.3. The van der Waals surface area contributed by atoms with Gasteiger partial charge in [0.05, 0.1) is 0 Å². The normalized spacial score (nSPS) is 18.5. The molecule has 0 radical (unpaired) electrons. The first-order valence-electron chi connectivity index (χ1n) is 12.5. The van der Waals surface area contributed by atoms with Crippen LogP contribution in [0.1, 0.15) is 82.1 Å². The molecule has 30 heavy (non-hydrogen) atoms. The quantitative estimate of drug-likeness (QED) is 0.461. The van der Waals surface area contributed by atoms with Gasteiger partial charge in [-0.05, 0) is 84.5 Å². The van der Waals surface area contributed by atoms with Crippen molar-refractivity contribution in [3.63, 3.8) is 0 Å². The fourth-order valence-corrected chi connectivity index (χ4v) is 5.19. The van der Waals surface area contributed by atoms with E-state index >= 15 is 0 Å². The maximum Gasteiger partial charge on any atom is 0.0396 e. The van der Waals surface area contributed by atoms with Crippen molar-refractivity contribution < 1.29 is 0 Å². The lowest BCUT2D eigenvalue weighted by Crippen LogP contribution is -2.36. The van der Waals surface area contributed by atoms with Crippen molar-refractivity contribution in [1.29, 1.82) is 0 Å². The minimum absolute atomic E-state index is 0.898. The number of hydrogen-bond donors (Lipinski definition) is 0. The maximum absolute atomic E-state index is 2.66. The molecule has 0 aromatic heterocycles. The Bertz CT molecular complexity index is 723. The van der Waals surface area contributed by atoms with Gasteiger partial charge in [0.2, 0.25) is 0 Å². The fraction of sp³-hybridized carbons (Fsp3) is 0.643. The number of likely N-dealkylation sites (tertiary alicyclic amines) is 1. The third-order valence-corrected chi connectivity index (χ3v) is 6.78. The molecular weight excluding hydrogens is 364 g/mol. The van der Waals surface area contributed by atoms with Crippen molar-refractivity contribution in [3.8, 4) is 0 Å². The zero-order chi connectivity index (χ0) is 21.5. The lowest BCUT2D eigenvalue weighted by Gasteiger charge is -2.33. The molecule has 0 unspecified atom stereocenters. The average Bonchev–Trinajstić information content (AvgIpc) is 2.72. The third-order valence-electron chi connectivity index (χ3n) is 6.78. The molecule has 3 rings (SSSR count). The largest absolute Gasteiger partial charge is 0.376 e. The fourth-order valence-electron chi connectivity index (χ4n) is 5.19. The van der Waals surface area contributed by atoms with E-state index in [-0.39, 0.29) is 0 Å². The number of rotatable bonds is 9. The summed E-state index contributed by atoms with van der Waals surface area (Å²) in [6, 6.07) is 5.02. The van der Waals surface area contributed by atoms with Gasteiger partial charge in [0.15, 0.2) is 0 Å². The highest BCUT2D eigenvalue weighted by atomic mass is 15.1. The van der Waals surface area contributed by atoms with Crippen molar-refractivity contribution in [1.82, 2.24) is 9.80 Å². The molecule has 0 saturated carbocycles. The van der Waals surface area contributed by atoms with Gasteiger partial charge in [-0.25, -0.2) is 0 Å². The molecule has 0 aliphatic carbocycles. The van der Waals surface area contributed by atoms with Gasteiger partial charge in [0.1, 0.15) is 0 Å². The number of nitrogens with zero attached hydrogens (tertiary/aromatic N) is 2. The summed E-state index contributed by atoms with van der Waals surface area (Å²) in [6.07, 6.45) is 14.9. The van der Waals surface area contributed by atoms with Crippen molar-refractivity contribution >= 4 is 5.57 Å². The molecule has 2 aliphatic rings. The second-order valence-corrected chi connectivity index (χ2v) is 9.78. The number of piperidine rings is 1. The van der Waals surface area contributed by atoms with Crippen LogP contribution in [-0.2, 0) is 19.3 Å². The first-order valence-corrected chi connectivity index (χ1v) is 12.5. The van der Waals surface area contributed by atoms with Crippen molar-refractivity contribution in [2.45, 2.75) is 79.1 Å². The van der Waals surface area contributed by atoms with E-state index in [1.54, 1.807) is 22.3 Å². The number of likely N-dealkylation sites (N-methyl/N-ethyl adjacent to an activating group) is 1. The highest BCUT2D eigenvalue weighted by molar-refractivity contribution is 5.77. The molecule has 1 fully saturated rings. The molecule has 1 aromatic rings. The van der Waals surface area contributed by atoms with E-state index < -0.39 is 0 Å². The standard InChI is InChI=1S/C28H44N2/c1-6-9-24-17-26(18-25(10-7-2)28(24)11-8-3)27-16-23(19-29(5)21-27)20-30-14-12-22(4)13-15-30/h16-18,21-22H,6-15,19-20H2,1-5H3. The topological polar surface area (TPSA) is 6.48 Å². The lowest BCUT2D eigenvalue weighted by molar-refractivity contribution is 0.203. The Morgan fingerprint density at radius 1 is 0.900 bits per heavy atom. The number of aryl methyl sites for hydroxylation is 2. The van der Waals surface area contributed by atoms with Gasteiger partial charge in [-0.3, -0.25) is 4.90 Å². The van der Waals surface area contributed by atoms with Crippen LogP contribution in [0.25, 0.3) is 5.57 Å². The van der Waals surface area contributed by atoms with Crippen LogP contribution in [0.3, 0.4) is 0 Å². The van der Waals surface area contributed by atoms with Gasteiger partial charge in [-0.2, -0.15) is 0 Å². The van der Waals surface area contributed by atoms with E-state index in [0.29, 0.717) is 0 Å². The second-order valence-electron chi connectivity index (χ2n) is 9.78. The van der Waals surface area contributed by atoms with Crippen LogP contribution in [0.4, 0.5) is 0 Å². The summed E-state index contributed by atoms with van der Waals surface area (Å²) >= 11 is 0. The smallest absolute Gasteiger partial charge is 0.0396 e. The van der Waals surface area contributed by atoms with E-state index in [1.165, 1.54) is 75.6 Å². The van der Waals surface area contributed by atoms with E-state index in [2.05, 4.69) is 69.0 Å². The Morgan fingerprint density at radius 2 is 1.50 bits per heavy atom. The van der Waals surface area contributed by atoms with Gasteiger partial charge < -0.3 is 4.90 Å². The van der Waals surface area contributed by atoms with Crippen LogP contribution in [-0.4, -0.2) is 43.0 Å². The van der Waals surface area contributed by atoms with Crippen LogP contribution in [0, 0.1) is 5.92 Å². The van der Waals surface area contributed by atoms with Gasteiger partial charge in [-0.1, -0.05) is 65.2 Å². The summed E-state index contributed by atoms with van der Waals surface area (Å²) in [5, 5.41) is 0. The number of hydrogen-bond acceptors (Lipinski definition) is 2. The first kappa shape index (κ1) is 23.1. The Hall–Kier alpha value is -1.54. The summed E-state index contributed by atoms with van der Waals surface area (Å²) in [5.41, 5.74) is 9.22. The molecular formula is C28H44N2. The second kappa shape index (κ2) is 11.2. The number of benzene rings is 1. The van der Waals surface area contributed by atoms with E-state index in [1.807, 2.05) is 0 Å². The van der Waals surface area contributed by atoms with Crippen molar-refractivity contribution in [2.24, 2.45) is 5.92 Å². The molecule has 0 amide bonds. The zero-order valence-electron chi connectivity index (χ0n) is 20.3. The molecule has 2 nitrogen and oxygen atoms in total. The van der Waals surface area contributed by atoms with Crippen molar-refractivity contribution in [2.75, 3.05) is 33.2 Å². The minimum atomic E-state index is 0.898. The lowest BCUT2D eigenvalue weighted by atomic mass is 9.87. The minimum Gasteiger partial charge on any atom is -0.376 e. The first-order chi connectivity index (χ1) is 14.5. The molecule has 0 bridgehead atoms. The molecule has 166 valence electrons.